The van der Waals surface area contributed by atoms with E-state index in [0.717, 1.165) is 0 Å². The minimum atomic E-state index is -0.740. The number of aromatic amines is 1. The SMILES string of the molecule is Cc1cc(C(=O)NC(CO)c2cccc(Cl)c2)c(F)c(-c2cccnc2)c1-c1cn[nH]c1. The third-order valence-corrected chi connectivity index (χ3v) is 5.42. The van der Waals surface area contributed by atoms with Gasteiger partial charge in [0.25, 0.3) is 5.91 Å². The first kappa shape index (κ1) is 21.7. The van der Waals surface area contributed by atoms with Crippen LogP contribution in [0.15, 0.2) is 67.3 Å². The van der Waals surface area contributed by atoms with Crippen LogP contribution in [0.4, 0.5) is 4.39 Å². The predicted octanol–water partition coefficient (Wildman–Crippen LogP) is 4.70. The number of aliphatic hydroxyl groups is 1. The molecule has 0 spiro atoms. The molecule has 32 heavy (non-hydrogen) atoms. The van der Waals surface area contributed by atoms with E-state index in [4.69, 9.17) is 11.6 Å². The number of halogens is 2. The maximum atomic E-state index is 15.9. The zero-order valence-electron chi connectivity index (χ0n) is 17.1. The molecule has 2 aromatic heterocycles. The van der Waals surface area contributed by atoms with Crippen molar-refractivity contribution in [1.29, 1.82) is 0 Å². The first-order chi connectivity index (χ1) is 15.5. The molecule has 0 saturated carbocycles. The molecule has 162 valence electrons. The summed E-state index contributed by atoms with van der Waals surface area (Å²) in [5.41, 5.74) is 3.29. The Balaban J connectivity index is 1.80. The van der Waals surface area contributed by atoms with Crippen molar-refractivity contribution in [2.45, 2.75) is 13.0 Å². The summed E-state index contributed by atoms with van der Waals surface area (Å²) in [4.78, 5) is 17.2. The van der Waals surface area contributed by atoms with Crippen LogP contribution in [0.1, 0.15) is 27.5 Å². The summed E-state index contributed by atoms with van der Waals surface area (Å²) in [5, 5.41) is 19.7. The van der Waals surface area contributed by atoms with Gasteiger partial charge in [0.2, 0.25) is 0 Å². The summed E-state index contributed by atoms with van der Waals surface area (Å²) in [6.45, 7) is 1.44. The van der Waals surface area contributed by atoms with Gasteiger partial charge in [-0.2, -0.15) is 5.10 Å². The number of carbonyl (C=O) groups excluding carboxylic acids is 1. The van der Waals surface area contributed by atoms with Crippen LogP contribution in [0.25, 0.3) is 22.3 Å². The van der Waals surface area contributed by atoms with Crippen molar-refractivity contribution >= 4 is 17.5 Å². The van der Waals surface area contributed by atoms with Crippen LogP contribution in [0.3, 0.4) is 0 Å². The van der Waals surface area contributed by atoms with Crippen LogP contribution < -0.4 is 5.32 Å². The molecule has 0 aliphatic heterocycles. The Morgan fingerprint density at radius 1 is 1.19 bits per heavy atom. The van der Waals surface area contributed by atoms with Crippen molar-refractivity contribution in [2.24, 2.45) is 0 Å². The Bertz CT molecular complexity index is 1250. The second-order valence-corrected chi connectivity index (χ2v) is 7.73. The Morgan fingerprint density at radius 2 is 2.03 bits per heavy atom. The maximum Gasteiger partial charge on any atom is 0.254 e. The molecule has 2 aromatic carbocycles. The van der Waals surface area contributed by atoms with Crippen LogP contribution in [0.2, 0.25) is 5.02 Å². The van der Waals surface area contributed by atoms with Gasteiger partial charge in [0.15, 0.2) is 0 Å². The van der Waals surface area contributed by atoms with Gasteiger partial charge in [-0.3, -0.25) is 14.9 Å². The van der Waals surface area contributed by atoms with Gasteiger partial charge in [-0.05, 0) is 47.9 Å². The smallest absolute Gasteiger partial charge is 0.254 e. The zero-order chi connectivity index (χ0) is 22.7. The number of H-pyrrole nitrogens is 1. The quantitative estimate of drug-likeness (QED) is 0.397. The molecule has 0 aliphatic rings. The molecule has 0 radical (unpaired) electrons. The number of aromatic nitrogens is 3. The standard InChI is InChI=1S/C24H20ClFN4O2/c1-14-8-19(24(32)30-20(13-31)15-4-2-6-18(25)9-15)23(26)22(16-5-3-7-27-10-16)21(14)17-11-28-29-12-17/h2-12,20,31H,13H2,1H3,(H,28,29)(H,30,32). The third-order valence-electron chi connectivity index (χ3n) is 5.18. The van der Waals surface area contributed by atoms with Gasteiger partial charge >= 0.3 is 0 Å². The molecule has 1 amide bonds. The van der Waals surface area contributed by atoms with E-state index in [1.807, 2.05) is 0 Å². The van der Waals surface area contributed by atoms with Crippen LogP contribution in [-0.4, -0.2) is 32.8 Å². The van der Waals surface area contributed by atoms with Crippen molar-refractivity contribution in [3.63, 3.8) is 0 Å². The molecule has 0 aliphatic carbocycles. The van der Waals surface area contributed by atoms with E-state index in [1.54, 1.807) is 68.1 Å². The fourth-order valence-electron chi connectivity index (χ4n) is 3.69. The molecule has 0 bridgehead atoms. The second-order valence-electron chi connectivity index (χ2n) is 7.30. The highest BCUT2D eigenvalue weighted by atomic mass is 35.5. The van der Waals surface area contributed by atoms with E-state index < -0.39 is 17.8 Å². The van der Waals surface area contributed by atoms with Crippen molar-refractivity contribution in [2.75, 3.05) is 6.61 Å². The van der Waals surface area contributed by atoms with Gasteiger partial charge in [0.05, 0.1) is 24.4 Å². The number of pyridine rings is 1. The van der Waals surface area contributed by atoms with Crippen molar-refractivity contribution in [3.05, 3.63) is 94.8 Å². The first-order valence-electron chi connectivity index (χ1n) is 9.89. The number of aryl methyl sites for hydroxylation is 1. The summed E-state index contributed by atoms with van der Waals surface area (Å²) < 4.78 is 15.9. The lowest BCUT2D eigenvalue weighted by Gasteiger charge is -2.20. The summed E-state index contributed by atoms with van der Waals surface area (Å²) in [5.74, 6) is -1.33. The van der Waals surface area contributed by atoms with E-state index in [1.165, 1.54) is 6.07 Å². The Hall–Kier alpha value is -3.55. The molecule has 3 N–H and O–H groups in total. The summed E-state index contributed by atoms with van der Waals surface area (Å²) in [6.07, 6.45) is 6.41. The molecule has 4 rings (SSSR count). The van der Waals surface area contributed by atoms with Crippen LogP contribution >= 0.6 is 11.6 Å². The fraction of sp³-hybridized carbons (Fsp3) is 0.125. The van der Waals surface area contributed by atoms with Crippen molar-refractivity contribution in [1.82, 2.24) is 20.5 Å². The lowest BCUT2D eigenvalue weighted by atomic mass is 9.90. The van der Waals surface area contributed by atoms with Crippen molar-refractivity contribution in [3.8, 4) is 22.3 Å². The highest BCUT2D eigenvalue weighted by Crippen LogP contribution is 2.38. The molecular formula is C24H20ClFN4O2. The first-order valence-corrected chi connectivity index (χ1v) is 10.3. The Kier molecular flexibility index (Phi) is 6.30. The molecule has 8 heteroatoms. The van der Waals surface area contributed by atoms with E-state index in [9.17, 15) is 9.90 Å². The number of aliphatic hydroxyl groups excluding tert-OH is 1. The third kappa shape index (κ3) is 4.26. The molecular weight excluding hydrogens is 431 g/mol. The molecule has 0 saturated heterocycles. The average molecular weight is 451 g/mol. The zero-order valence-corrected chi connectivity index (χ0v) is 17.9. The Labute approximate surface area is 189 Å². The van der Waals surface area contributed by atoms with Gasteiger partial charge in [-0.15, -0.1) is 0 Å². The largest absolute Gasteiger partial charge is 0.394 e. The van der Waals surface area contributed by atoms with E-state index >= 15 is 4.39 Å². The van der Waals surface area contributed by atoms with Crippen LogP contribution in [0, 0.1) is 12.7 Å². The normalized spacial score (nSPS) is 11.9. The number of carbonyl (C=O) groups is 1. The summed E-state index contributed by atoms with van der Waals surface area (Å²) >= 11 is 6.03. The van der Waals surface area contributed by atoms with E-state index in [0.29, 0.717) is 32.8 Å². The van der Waals surface area contributed by atoms with Gasteiger partial charge in [-0.1, -0.05) is 29.8 Å². The molecule has 6 nitrogen and oxygen atoms in total. The maximum absolute atomic E-state index is 15.9. The second kappa shape index (κ2) is 9.30. The fourth-order valence-corrected chi connectivity index (χ4v) is 3.89. The molecule has 1 unspecified atom stereocenters. The van der Waals surface area contributed by atoms with Gasteiger partial charge in [0, 0.05) is 40.3 Å². The number of rotatable bonds is 6. The van der Waals surface area contributed by atoms with Crippen molar-refractivity contribution < 1.29 is 14.3 Å². The van der Waals surface area contributed by atoms with Gasteiger partial charge in [0.1, 0.15) is 5.82 Å². The van der Waals surface area contributed by atoms with E-state index in [-0.39, 0.29) is 17.7 Å². The monoisotopic (exact) mass is 450 g/mol. The highest BCUT2D eigenvalue weighted by molar-refractivity contribution is 6.30. The molecule has 1 atom stereocenters. The lowest BCUT2D eigenvalue weighted by Crippen LogP contribution is -2.31. The van der Waals surface area contributed by atoms with Crippen LogP contribution in [0.5, 0.6) is 0 Å². The molecule has 4 aromatic rings. The number of benzene rings is 2. The molecule has 0 fully saturated rings. The number of hydrogen-bond acceptors (Lipinski definition) is 4. The number of nitrogens with one attached hydrogen (secondary N) is 2. The number of amides is 1. The summed E-state index contributed by atoms with van der Waals surface area (Å²) in [7, 11) is 0. The highest BCUT2D eigenvalue weighted by Gasteiger charge is 2.25. The Morgan fingerprint density at radius 3 is 2.69 bits per heavy atom. The number of hydrogen-bond donors (Lipinski definition) is 3. The minimum absolute atomic E-state index is 0.130. The van der Waals surface area contributed by atoms with E-state index in [2.05, 4.69) is 20.5 Å². The molecule has 2 heterocycles. The van der Waals surface area contributed by atoms with Gasteiger partial charge in [-0.25, -0.2) is 4.39 Å². The topological polar surface area (TPSA) is 90.9 Å². The minimum Gasteiger partial charge on any atom is -0.394 e. The predicted molar refractivity (Wildman–Crippen MR) is 121 cm³/mol. The lowest BCUT2D eigenvalue weighted by molar-refractivity contribution is 0.0912. The van der Waals surface area contributed by atoms with Gasteiger partial charge < -0.3 is 10.4 Å². The number of nitrogens with zero attached hydrogens (tertiary/aromatic N) is 2. The average Bonchev–Trinajstić information content (AvgIpc) is 3.33. The summed E-state index contributed by atoms with van der Waals surface area (Å²) in [6, 6.07) is 11.0. The van der Waals surface area contributed by atoms with Crippen LogP contribution in [-0.2, 0) is 0 Å².